The van der Waals surface area contributed by atoms with Crippen LogP contribution in [0.3, 0.4) is 0 Å². The van der Waals surface area contributed by atoms with Crippen LogP contribution in [0.4, 0.5) is 18.3 Å². The van der Waals surface area contributed by atoms with Gasteiger partial charge in [0, 0.05) is 31.1 Å². The first-order chi connectivity index (χ1) is 12.8. The number of aliphatic imine (C=N–C) groups is 1. The Morgan fingerprint density at radius 2 is 1.93 bits per heavy atom. The van der Waals surface area contributed by atoms with Crippen LogP contribution >= 0.6 is 11.3 Å². The molecule has 27 heavy (non-hydrogen) atoms. The molecule has 0 aromatic carbocycles. The summed E-state index contributed by atoms with van der Waals surface area (Å²) in [4.78, 5) is 18.3. The number of alkyl halides is 3. The number of piperidine rings is 1. The van der Waals surface area contributed by atoms with Crippen molar-refractivity contribution in [1.29, 1.82) is 0 Å². The Balaban J connectivity index is 1.54. The number of aliphatic hydroxyl groups is 1. The molecule has 0 bridgehead atoms. The molecule has 1 saturated heterocycles. The Hall–Kier alpha value is -1.81. The fourth-order valence-electron chi connectivity index (χ4n) is 4.17. The molecule has 4 rings (SSSR count). The van der Waals surface area contributed by atoms with Gasteiger partial charge in [0.2, 0.25) is 5.13 Å². The van der Waals surface area contributed by atoms with Gasteiger partial charge in [-0.05, 0) is 30.9 Å². The van der Waals surface area contributed by atoms with Crippen LogP contribution in [0.1, 0.15) is 24.3 Å². The van der Waals surface area contributed by atoms with Gasteiger partial charge in [-0.15, -0.1) is 10.2 Å². The molecule has 1 aromatic heterocycles. The van der Waals surface area contributed by atoms with Crippen LogP contribution < -0.4 is 4.90 Å². The molecule has 3 heterocycles. The Labute approximate surface area is 157 Å². The Morgan fingerprint density at radius 3 is 2.52 bits per heavy atom. The van der Waals surface area contributed by atoms with Gasteiger partial charge in [-0.1, -0.05) is 11.3 Å². The predicted molar refractivity (Wildman–Crippen MR) is 94.1 cm³/mol. The van der Waals surface area contributed by atoms with E-state index in [0.29, 0.717) is 37.2 Å². The highest BCUT2D eigenvalue weighted by atomic mass is 32.1. The van der Waals surface area contributed by atoms with Crippen LogP contribution in [-0.4, -0.2) is 58.7 Å². The van der Waals surface area contributed by atoms with Gasteiger partial charge in [0.1, 0.15) is 17.0 Å². The van der Waals surface area contributed by atoms with Crippen molar-refractivity contribution in [2.45, 2.75) is 38.5 Å². The lowest BCUT2D eigenvalue weighted by Crippen LogP contribution is -2.46. The highest BCUT2D eigenvalue weighted by Crippen LogP contribution is 2.45. The molecule has 3 aliphatic rings. The molecule has 6 nitrogen and oxygen atoms in total. The summed E-state index contributed by atoms with van der Waals surface area (Å²) in [7, 11) is 0. The summed E-state index contributed by atoms with van der Waals surface area (Å²) in [6.07, 6.45) is -5.53. The van der Waals surface area contributed by atoms with Gasteiger partial charge in [-0.2, -0.15) is 13.2 Å². The fraction of sp³-hybridized carbons (Fsp3) is 0.647. The Kier molecular flexibility index (Phi) is 4.58. The van der Waals surface area contributed by atoms with Gasteiger partial charge in [0.05, 0.1) is 6.54 Å². The van der Waals surface area contributed by atoms with E-state index in [9.17, 15) is 23.1 Å². The van der Waals surface area contributed by atoms with E-state index < -0.39 is 24.0 Å². The second-order valence-corrected chi connectivity index (χ2v) is 8.35. The molecule has 0 spiro atoms. The highest BCUT2D eigenvalue weighted by Gasteiger charge is 2.54. The van der Waals surface area contributed by atoms with E-state index >= 15 is 0 Å². The van der Waals surface area contributed by atoms with Gasteiger partial charge in [-0.3, -0.25) is 9.79 Å². The summed E-state index contributed by atoms with van der Waals surface area (Å²) in [5.74, 6) is -3.03. The van der Waals surface area contributed by atoms with Crippen molar-refractivity contribution in [2.24, 2.45) is 16.8 Å². The molecule has 0 amide bonds. The molecular formula is C17H19F3N4O2S. The lowest BCUT2D eigenvalue weighted by atomic mass is 9.74. The molecular weight excluding hydrogens is 381 g/mol. The van der Waals surface area contributed by atoms with Crippen molar-refractivity contribution in [3.63, 3.8) is 0 Å². The van der Waals surface area contributed by atoms with Crippen molar-refractivity contribution in [1.82, 2.24) is 10.2 Å². The van der Waals surface area contributed by atoms with E-state index in [1.165, 1.54) is 11.3 Å². The first-order valence-electron chi connectivity index (χ1n) is 8.85. The molecule has 0 radical (unpaired) electrons. The number of hydrogen-bond donors (Lipinski definition) is 1. The van der Waals surface area contributed by atoms with Crippen LogP contribution in [-0.2, 0) is 4.79 Å². The number of aryl methyl sites for hydroxylation is 1. The van der Waals surface area contributed by atoms with E-state index in [2.05, 4.69) is 20.1 Å². The maximum Gasteiger partial charge on any atom is 0.398 e. The minimum Gasteiger partial charge on any atom is -0.384 e. The van der Waals surface area contributed by atoms with Crippen molar-refractivity contribution in [3.8, 4) is 0 Å². The highest BCUT2D eigenvalue weighted by molar-refractivity contribution is 7.15. The second-order valence-electron chi connectivity index (χ2n) is 7.19. The van der Waals surface area contributed by atoms with E-state index in [0.717, 1.165) is 10.1 Å². The number of anilines is 1. The Morgan fingerprint density at radius 1 is 1.22 bits per heavy atom. The van der Waals surface area contributed by atoms with Gasteiger partial charge in [0.25, 0.3) is 0 Å². The monoisotopic (exact) mass is 400 g/mol. The molecule has 0 unspecified atom stereocenters. The molecule has 10 heteroatoms. The number of rotatable bonds is 2. The summed E-state index contributed by atoms with van der Waals surface area (Å²) >= 11 is 1.50. The molecule has 2 atom stereocenters. The summed E-state index contributed by atoms with van der Waals surface area (Å²) in [5.41, 5.74) is 0.927. The number of ketones is 1. The number of hydrogen-bond acceptors (Lipinski definition) is 7. The van der Waals surface area contributed by atoms with Gasteiger partial charge in [-0.25, -0.2) is 0 Å². The minimum atomic E-state index is -4.67. The quantitative estimate of drug-likeness (QED) is 0.824. The number of aliphatic hydroxyl groups excluding tert-OH is 1. The minimum absolute atomic E-state index is 0.0693. The largest absolute Gasteiger partial charge is 0.398 e. The molecule has 1 fully saturated rings. The zero-order chi connectivity index (χ0) is 19.3. The van der Waals surface area contributed by atoms with Crippen molar-refractivity contribution >= 4 is 28.0 Å². The zero-order valence-electron chi connectivity index (χ0n) is 14.7. The number of carbonyl (C=O) groups is 1. The van der Waals surface area contributed by atoms with E-state index in [-0.39, 0.29) is 24.5 Å². The van der Waals surface area contributed by atoms with E-state index in [1.807, 2.05) is 6.92 Å². The number of aromatic nitrogens is 2. The van der Waals surface area contributed by atoms with Gasteiger partial charge < -0.3 is 10.0 Å². The predicted octanol–water partition coefficient (Wildman–Crippen LogP) is 2.33. The van der Waals surface area contributed by atoms with Crippen molar-refractivity contribution < 1.29 is 23.1 Å². The summed E-state index contributed by atoms with van der Waals surface area (Å²) in [6, 6.07) is 0. The van der Waals surface area contributed by atoms with Crippen LogP contribution in [0, 0.1) is 18.8 Å². The standard InChI is InChI=1S/C17H19F3N4O2S/c1-8-22-23-16(27-8)24-4-2-9(3-5-24)14-12-10(7-21-14)6-11(25)15(26)13(12)17(18,19)20/h9,13,15,26H,2-7H2,1H3/t13-,15+/m1/s1. The first kappa shape index (κ1) is 18.5. The third-order valence-electron chi connectivity index (χ3n) is 5.46. The average Bonchev–Trinajstić information content (AvgIpc) is 3.21. The Bertz CT molecular complexity index is 824. The molecule has 1 aliphatic carbocycles. The van der Waals surface area contributed by atoms with Crippen LogP contribution in [0.15, 0.2) is 16.1 Å². The summed E-state index contributed by atoms with van der Waals surface area (Å²) in [6.45, 7) is 3.34. The zero-order valence-corrected chi connectivity index (χ0v) is 15.5. The molecule has 0 saturated carbocycles. The topological polar surface area (TPSA) is 78.7 Å². The van der Waals surface area contributed by atoms with Gasteiger partial charge in [0.15, 0.2) is 5.78 Å². The molecule has 2 aliphatic heterocycles. The number of carbonyl (C=O) groups excluding carboxylic acids is 1. The van der Waals surface area contributed by atoms with Crippen LogP contribution in [0.5, 0.6) is 0 Å². The summed E-state index contributed by atoms with van der Waals surface area (Å²) in [5, 5.41) is 19.8. The number of nitrogens with zero attached hydrogens (tertiary/aromatic N) is 4. The fourth-order valence-corrected chi connectivity index (χ4v) is 4.91. The lowest BCUT2D eigenvalue weighted by molar-refractivity contribution is -0.190. The van der Waals surface area contributed by atoms with E-state index in [1.54, 1.807) is 0 Å². The SMILES string of the molecule is Cc1nnc(N2CCC(C3=NCC4=C3[C@@H](C(F)(F)F)[C@@H](O)C(=O)C4)CC2)s1. The number of Topliss-reactive ketones (excluding diaryl/α,β-unsaturated/α-hetero) is 1. The first-order valence-corrected chi connectivity index (χ1v) is 9.66. The smallest absolute Gasteiger partial charge is 0.384 e. The average molecular weight is 400 g/mol. The van der Waals surface area contributed by atoms with Crippen LogP contribution in [0.25, 0.3) is 0 Å². The molecule has 146 valence electrons. The van der Waals surface area contributed by atoms with Crippen LogP contribution in [0.2, 0.25) is 0 Å². The van der Waals surface area contributed by atoms with Crippen molar-refractivity contribution in [2.75, 3.05) is 24.5 Å². The van der Waals surface area contributed by atoms with E-state index in [4.69, 9.17) is 0 Å². The third-order valence-corrected chi connectivity index (χ3v) is 6.36. The maximum absolute atomic E-state index is 13.6. The second kappa shape index (κ2) is 6.66. The van der Waals surface area contributed by atoms with Gasteiger partial charge >= 0.3 is 6.18 Å². The third kappa shape index (κ3) is 3.29. The summed E-state index contributed by atoms with van der Waals surface area (Å²) < 4.78 is 40.8. The number of halogens is 3. The normalized spacial score (nSPS) is 27.2. The maximum atomic E-state index is 13.6. The lowest BCUT2D eigenvalue weighted by Gasteiger charge is -2.36. The van der Waals surface area contributed by atoms with Crippen molar-refractivity contribution in [3.05, 3.63) is 16.2 Å². The molecule has 1 aromatic rings. The molecule has 1 N–H and O–H groups in total.